The van der Waals surface area contributed by atoms with Gasteiger partial charge >= 0.3 is 0 Å². The second kappa shape index (κ2) is 4.51. The predicted octanol–water partition coefficient (Wildman–Crippen LogP) is 6.19. The van der Waals surface area contributed by atoms with E-state index in [4.69, 9.17) is 9.40 Å². The number of pyridine rings is 1. The molecule has 0 N–H and O–H groups in total. The molecule has 4 aromatic rings. The smallest absolute Gasteiger partial charge is 0.139 e. The third kappa shape index (κ3) is 1.77. The Morgan fingerprint density at radius 2 is 1.96 bits per heavy atom. The lowest BCUT2D eigenvalue weighted by Gasteiger charge is -2.24. The first-order valence-electron chi connectivity index (χ1n) is 9.13. The van der Waals surface area contributed by atoms with Crippen molar-refractivity contribution in [2.75, 3.05) is 0 Å². The molecule has 0 saturated heterocycles. The van der Waals surface area contributed by atoms with Gasteiger partial charge in [0.1, 0.15) is 11.2 Å². The van der Waals surface area contributed by atoms with Crippen LogP contribution in [0.15, 0.2) is 59.1 Å². The van der Waals surface area contributed by atoms with Gasteiger partial charge in [-0.05, 0) is 53.9 Å². The van der Waals surface area contributed by atoms with E-state index in [9.17, 15) is 0 Å². The van der Waals surface area contributed by atoms with E-state index in [1.807, 2.05) is 24.4 Å². The van der Waals surface area contributed by atoms with Crippen LogP contribution >= 0.6 is 0 Å². The maximum Gasteiger partial charge on any atom is 0.139 e. The number of furan rings is 1. The monoisotopic (exact) mass is 325 g/mol. The fourth-order valence-corrected chi connectivity index (χ4v) is 5.12. The van der Waals surface area contributed by atoms with Gasteiger partial charge < -0.3 is 4.42 Å². The molecule has 2 unspecified atom stereocenters. The van der Waals surface area contributed by atoms with Gasteiger partial charge in [-0.25, -0.2) is 0 Å². The first-order chi connectivity index (χ1) is 12.2. The van der Waals surface area contributed by atoms with Crippen molar-refractivity contribution in [2.24, 2.45) is 0 Å². The molecule has 0 amide bonds. The van der Waals surface area contributed by atoms with Crippen molar-refractivity contribution in [1.29, 1.82) is 0 Å². The van der Waals surface area contributed by atoms with Gasteiger partial charge in [0.05, 0.1) is 5.69 Å². The summed E-state index contributed by atoms with van der Waals surface area (Å²) in [6.07, 6.45) is 5.95. The van der Waals surface area contributed by atoms with Crippen LogP contribution in [0.25, 0.3) is 33.2 Å². The highest BCUT2D eigenvalue weighted by molar-refractivity contribution is 6.05. The third-order valence-electron chi connectivity index (χ3n) is 6.44. The fourth-order valence-electron chi connectivity index (χ4n) is 5.12. The van der Waals surface area contributed by atoms with Crippen LogP contribution in [0.1, 0.15) is 43.2 Å². The molecule has 2 bridgehead atoms. The van der Waals surface area contributed by atoms with Crippen molar-refractivity contribution in [3.05, 3.63) is 65.9 Å². The molecule has 2 heterocycles. The van der Waals surface area contributed by atoms with Crippen molar-refractivity contribution >= 4 is 21.9 Å². The van der Waals surface area contributed by atoms with Gasteiger partial charge in [0.2, 0.25) is 0 Å². The highest BCUT2D eigenvalue weighted by atomic mass is 16.3. The Labute approximate surface area is 146 Å². The number of aromatic nitrogens is 1. The maximum atomic E-state index is 6.04. The maximum absolute atomic E-state index is 6.04. The Bertz CT molecular complexity index is 1160. The number of benzene rings is 2. The summed E-state index contributed by atoms with van der Waals surface area (Å²) in [5.74, 6) is 0.778. The van der Waals surface area contributed by atoms with Gasteiger partial charge in [-0.2, -0.15) is 0 Å². The minimum Gasteiger partial charge on any atom is -0.456 e. The standard InChI is InChI=1S/C23H19NO/c1-23-9-8-15(12-23)16-7-6-14(10-19(16)23)20-11-22-18(13-24-20)17-4-2-3-5-21(17)25-22/h2-7,10-11,13,15H,8-9,12H2,1H3. The average Bonchev–Trinajstić information content (AvgIpc) is 3.29. The molecule has 2 atom stereocenters. The molecule has 2 nitrogen and oxygen atoms in total. The molecular formula is C23H19NO. The topological polar surface area (TPSA) is 26.0 Å². The van der Waals surface area contributed by atoms with Crippen LogP contribution in [0.3, 0.4) is 0 Å². The van der Waals surface area contributed by atoms with Gasteiger partial charge in [-0.1, -0.05) is 37.3 Å². The summed E-state index contributed by atoms with van der Waals surface area (Å²) in [5.41, 5.74) is 7.54. The molecule has 1 fully saturated rings. The number of rotatable bonds is 1. The molecule has 2 heteroatoms. The normalized spacial score (nSPS) is 24.3. The van der Waals surface area contributed by atoms with E-state index in [0.717, 1.165) is 33.6 Å². The van der Waals surface area contributed by atoms with Gasteiger partial charge in [0.15, 0.2) is 0 Å². The Morgan fingerprint density at radius 1 is 1.04 bits per heavy atom. The highest BCUT2D eigenvalue weighted by Gasteiger charge is 2.45. The zero-order valence-corrected chi connectivity index (χ0v) is 14.3. The summed E-state index contributed by atoms with van der Waals surface area (Å²) >= 11 is 0. The molecule has 122 valence electrons. The Kier molecular flexibility index (Phi) is 2.47. The quantitative estimate of drug-likeness (QED) is 0.417. The summed E-state index contributed by atoms with van der Waals surface area (Å²) in [6, 6.07) is 17.2. The van der Waals surface area contributed by atoms with Crippen LogP contribution in [-0.4, -0.2) is 4.98 Å². The molecule has 2 aromatic carbocycles. The van der Waals surface area contributed by atoms with E-state index >= 15 is 0 Å². The predicted molar refractivity (Wildman–Crippen MR) is 101 cm³/mol. The van der Waals surface area contributed by atoms with Crippen molar-refractivity contribution in [2.45, 2.75) is 37.5 Å². The van der Waals surface area contributed by atoms with E-state index in [2.05, 4.69) is 37.3 Å². The number of para-hydroxylation sites is 1. The molecule has 0 radical (unpaired) electrons. The SMILES string of the molecule is CC12CCC(C1)c1ccc(-c3cc4oc5ccccc5c4cn3)cc12. The summed E-state index contributed by atoms with van der Waals surface area (Å²) in [5, 5.41) is 2.22. The van der Waals surface area contributed by atoms with E-state index in [-0.39, 0.29) is 0 Å². The number of nitrogens with zero attached hydrogens (tertiary/aromatic N) is 1. The minimum absolute atomic E-state index is 0.374. The van der Waals surface area contributed by atoms with E-state index < -0.39 is 0 Å². The van der Waals surface area contributed by atoms with Gasteiger partial charge in [0, 0.05) is 28.6 Å². The second-order valence-electron chi connectivity index (χ2n) is 7.97. The second-order valence-corrected chi connectivity index (χ2v) is 7.97. The largest absolute Gasteiger partial charge is 0.456 e. The molecule has 2 aliphatic rings. The Morgan fingerprint density at radius 3 is 2.92 bits per heavy atom. The fraction of sp³-hybridized carbons (Fsp3) is 0.261. The molecule has 0 spiro atoms. The van der Waals surface area contributed by atoms with Crippen LogP contribution in [0.4, 0.5) is 0 Å². The van der Waals surface area contributed by atoms with Crippen molar-refractivity contribution in [3.8, 4) is 11.3 Å². The first kappa shape index (κ1) is 13.7. The van der Waals surface area contributed by atoms with Gasteiger partial charge in [-0.15, -0.1) is 0 Å². The third-order valence-corrected chi connectivity index (χ3v) is 6.44. The van der Waals surface area contributed by atoms with E-state index in [1.54, 1.807) is 11.1 Å². The van der Waals surface area contributed by atoms with Crippen molar-refractivity contribution in [3.63, 3.8) is 0 Å². The van der Waals surface area contributed by atoms with Crippen LogP contribution in [0.5, 0.6) is 0 Å². The molecule has 25 heavy (non-hydrogen) atoms. The number of fused-ring (bicyclic) bond motifs is 8. The minimum atomic E-state index is 0.374. The summed E-state index contributed by atoms with van der Waals surface area (Å²) in [7, 11) is 0. The first-order valence-corrected chi connectivity index (χ1v) is 9.13. The Hall–Kier alpha value is -2.61. The molecular weight excluding hydrogens is 306 g/mol. The van der Waals surface area contributed by atoms with Crippen LogP contribution in [0.2, 0.25) is 0 Å². The van der Waals surface area contributed by atoms with Crippen LogP contribution in [-0.2, 0) is 5.41 Å². The van der Waals surface area contributed by atoms with Crippen molar-refractivity contribution in [1.82, 2.24) is 4.98 Å². The lowest BCUT2D eigenvalue weighted by Crippen LogP contribution is -2.15. The lowest BCUT2D eigenvalue weighted by molar-refractivity contribution is 0.505. The zero-order valence-electron chi connectivity index (χ0n) is 14.3. The number of hydrogen-bond donors (Lipinski definition) is 0. The van der Waals surface area contributed by atoms with E-state index in [1.165, 1.54) is 24.8 Å². The summed E-state index contributed by atoms with van der Waals surface area (Å²) < 4.78 is 6.04. The summed E-state index contributed by atoms with van der Waals surface area (Å²) in [6.45, 7) is 2.43. The lowest BCUT2D eigenvalue weighted by atomic mass is 9.80. The average molecular weight is 325 g/mol. The summed E-state index contributed by atoms with van der Waals surface area (Å²) in [4.78, 5) is 4.75. The van der Waals surface area contributed by atoms with Gasteiger partial charge in [0.25, 0.3) is 0 Å². The van der Waals surface area contributed by atoms with E-state index in [0.29, 0.717) is 5.41 Å². The molecule has 6 rings (SSSR count). The number of hydrogen-bond acceptors (Lipinski definition) is 2. The van der Waals surface area contributed by atoms with Gasteiger partial charge in [-0.3, -0.25) is 4.98 Å². The molecule has 1 saturated carbocycles. The highest BCUT2D eigenvalue weighted by Crippen LogP contribution is 2.57. The molecule has 2 aliphatic carbocycles. The Balaban J connectivity index is 1.53. The van der Waals surface area contributed by atoms with Crippen molar-refractivity contribution < 1.29 is 4.42 Å². The van der Waals surface area contributed by atoms with Crippen LogP contribution < -0.4 is 0 Å². The zero-order chi connectivity index (χ0) is 16.6. The molecule has 2 aromatic heterocycles. The van der Waals surface area contributed by atoms with Crippen LogP contribution in [0, 0.1) is 0 Å². The molecule has 0 aliphatic heterocycles.